The summed E-state index contributed by atoms with van der Waals surface area (Å²) in [6.45, 7) is 4.79. The lowest BCUT2D eigenvalue weighted by Gasteiger charge is -2.12. The normalized spacial score (nSPS) is 19.3. The Morgan fingerprint density at radius 1 is 1.59 bits per heavy atom. The Morgan fingerprint density at radius 3 is 3.12 bits per heavy atom. The molecule has 1 atom stereocenters. The van der Waals surface area contributed by atoms with Crippen LogP contribution in [-0.2, 0) is 0 Å². The Bertz CT molecular complexity index is 414. The second kappa shape index (κ2) is 5.65. The van der Waals surface area contributed by atoms with E-state index in [4.69, 9.17) is 0 Å². The lowest BCUT2D eigenvalue weighted by atomic mass is 10.1. The summed E-state index contributed by atoms with van der Waals surface area (Å²) in [5.74, 6) is 0.599. The predicted molar refractivity (Wildman–Crippen MR) is 72.2 cm³/mol. The fourth-order valence-electron chi connectivity index (χ4n) is 2.07. The number of hydrogen-bond donors (Lipinski definition) is 2. The highest BCUT2D eigenvalue weighted by molar-refractivity contribution is 9.10. The molecule has 1 aromatic carbocycles. The van der Waals surface area contributed by atoms with Gasteiger partial charge in [0.2, 0.25) is 0 Å². The van der Waals surface area contributed by atoms with Gasteiger partial charge < -0.3 is 10.6 Å². The Kier molecular flexibility index (Phi) is 4.18. The lowest BCUT2D eigenvalue weighted by Crippen LogP contribution is -2.30. The van der Waals surface area contributed by atoms with Crippen molar-refractivity contribution in [3.63, 3.8) is 0 Å². The van der Waals surface area contributed by atoms with Crippen LogP contribution in [-0.4, -0.2) is 25.5 Å². The summed E-state index contributed by atoms with van der Waals surface area (Å²) >= 11 is 3.44. The van der Waals surface area contributed by atoms with Crippen LogP contribution >= 0.6 is 15.9 Å². The number of nitrogens with one attached hydrogen (secondary N) is 2. The van der Waals surface area contributed by atoms with Crippen molar-refractivity contribution in [2.75, 3.05) is 19.6 Å². The minimum Gasteiger partial charge on any atom is -0.352 e. The van der Waals surface area contributed by atoms with Crippen LogP contribution in [0, 0.1) is 12.8 Å². The molecule has 0 bridgehead atoms. The van der Waals surface area contributed by atoms with Gasteiger partial charge in [-0.05, 0) is 50.0 Å². The molecule has 0 spiro atoms. The van der Waals surface area contributed by atoms with Crippen molar-refractivity contribution in [1.29, 1.82) is 0 Å². The van der Waals surface area contributed by atoms with Gasteiger partial charge in [-0.15, -0.1) is 0 Å². The molecule has 1 saturated heterocycles. The van der Waals surface area contributed by atoms with Gasteiger partial charge in [-0.25, -0.2) is 0 Å². The smallest absolute Gasteiger partial charge is 0.251 e. The zero-order valence-corrected chi connectivity index (χ0v) is 11.5. The molecule has 2 N–H and O–H groups in total. The number of hydrogen-bond acceptors (Lipinski definition) is 2. The SMILES string of the molecule is Cc1c(Br)cccc1C(=O)NCC1CCNC1. The zero-order valence-electron chi connectivity index (χ0n) is 9.92. The molecule has 2 rings (SSSR count). The number of halogens is 1. The van der Waals surface area contributed by atoms with Crippen LogP contribution in [0.2, 0.25) is 0 Å². The van der Waals surface area contributed by atoms with E-state index in [1.807, 2.05) is 25.1 Å². The van der Waals surface area contributed by atoms with E-state index in [2.05, 4.69) is 26.6 Å². The minimum absolute atomic E-state index is 0.0238. The molecule has 1 unspecified atom stereocenters. The number of carbonyl (C=O) groups is 1. The van der Waals surface area contributed by atoms with Crippen LogP contribution in [0.15, 0.2) is 22.7 Å². The molecule has 0 saturated carbocycles. The molecule has 1 aromatic rings. The molecule has 4 heteroatoms. The van der Waals surface area contributed by atoms with Crippen molar-refractivity contribution in [1.82, 2.24) is 10.6 Å². The van der Waals surface area contributed by atoms with Gasteiger partial charge in [0, 0.05) is 16.6 Å². The average molecular weight is 297 g/mol. The molecule has 1 aliphatic rings. The second-order valence-electron chi connectivity index (χ2n) is 4.48. The fraction of sp³-hybridized carbons (Fsp3) is 0.462. The van der Waals surface area contributed by atoms with Crippen molar-refractivity contribution in [3.05, 3.63) is 33.8 Å². The fourth-order valence-corrected chi connectivity index (χ4v) is 2.44. The van der Waals surface area contributed by atoms with Crippen LogP contribution < -0.4 is 10.6 Å². The van der Waals surface area contributed by atoms with Gasteiger partial charge >= 0.3 is 0 Å². The summed E-state index contributed by atoms with van der Waals surface area (Å²) in [4.78, 5) is 12.0. The van der Waals surface area contributed by atoms with Crippen molar-refractivity contribution in [3.8, 4) is 0 Å². The van der Waals surface area contributed by atoms with E-state index in [1.54, 1.807) is 0 Å². The highest BCUT2D eigenvalue weighted by Crippen LogP contribution is 2.19. The molecule has 1 amide bonds. The highest BCUT2D eigenvalue weighted by atomic mass is 79.9. The maximum absolute atomic E-state index is 12.0. The monoisotopic (exact) mass is 296 g/mol. The lowest BCUT2D eigenvalue weighted by molar-refractivity contribution is 0.0947. The maximum atomic E-state index is 12.0. The first-order chi connectivity index (χ1) is 8.18. The molecule has 1 heterocycles. The van der Waals surface area contributed by atoms with Crippen molar-refractivity contribution in [2.45, 2.75) is 13.3 Å². The standard InChI is InChI=1S/C13H17BrN2O/c1-9-11(3-2-4-12(9)14)13(17)16-8-10-5-6-15-7-10/h2-4,10,15H,5-8H2,1H3,(H,16,17). The summed E-state index contributed by atoms with van der Waals surface area (Å²) in [5, 5.41) is 6.31. The predicted octanol–water partition coefficient (Wildman–Crippen LogP) is 2.10. The van der Waals surface area contributed by atoms with Crippen molar-refractivity contribution in [2.24, 2.45) is 5.92 Å². The first kappa shape index (κ1) is 12.6. The van der Waals surface area contributed by atoms with Gasteiger partial charge in [-0.3, -0.25) is 4.79 Å². The molecular weight excluding hydrogens is 280 g/mol. The number of carbonyl (C=O) groups excluding carboxylic acids is 1. The molecule has 92 valence electrons. The van der Waals surface area contributed by atoms with E-state index in [0.717, 1.165) is 41.7 Å². The Hall–Kier alpha value is -0.870. The minimum atomic E-state index is 0.0238. The third-order valence-corrected chi connectivity index (χ3v) is 4.09. The van der Waals surface area contributed by atoms with E-state index < -0.39 is 0 Å². The zero-order chi connectivity index (χ0) is 12.3. The van der Waals surface area contributed by atoms with Crippen LogP contribution in [0.25, 0.3) is 0 Å². The van der Waals surface area contributed by atoms with E-state index in [-0.39, 0.29) is 5.91 Å². The Balaban J connectivity index is 1.97. The summed E-state index contributed by atoms with van der Waals surface area (Å²) in [5.41, 5.74) is 1.75. The molecule has 1 aliphatic heterocycles. The molecule has 0 aromatic heterocycles. The van der Waals surface area contributed by atoms with Crippen LogP contribution in [0.3, 0.4) is 0 Å². The highest BCUT2D eigenvalue weighted by Gasteiger charge is 2.16. The first-order valence-corrected chi connectivity index (χ1v) is 6.72. The molecule has 0 aliphatic carbocycles. The molecule has 1 fully saturated rings. The largest absolute Gasteiger partial charge is 0.352 e. The van der Waals surface area contributed by atoms with Crippen molar-refractivity contribution < 1.29 is 4.79 Å². The van der Waals surface area contributed by atoms with Gasteiger partial charge in [0.15, 0.2) is 0 Å². The van der Waals surface area contributed by atoms with Crippen molar-refractivity contribution >= 4 is 21.8 Å². The van der Waals surface area contributed by atoms with Crippen LogP contribution in [0.5, 0.6) is 0 Å². The summed E-state index contributed by atoms with van der Waals surface area (Å²) in [6.07, 6.45) is 1.15. The topological polar surface area (TPSA) is 41.1 Å². The first-order valence-electron chi connectivity index (χ1n) is 5.92. The molecule has 3 nitrogen and oxygen atoms in total. The summed E-state index contributed by atoms with van der Waals surface area (Å²) < 4.78 is 0.979. The second-order valence-corrected chi connectivity index (χ2v) is 5.34. The molecule has 17 heavy (non-hydrogen) atoms. The van der Waals surface area contributed by atoms with Gasteiger partial charge in [-0.2, -0.15) is 0 Å². The van der Waals surface area contributed by atoms with Crippen LogP contribution in [0.4, 0.5) is 0 Å². The Morgan fingerprint density at radius 2 is 2.41 bits per heavy atom. The Labute approximate surface area is 110 Å². The summed E-state index contributed by atoms with van der Waals surface area (Å²) in [6, 6.07) is 5.71. The van der Waals surface area contributed by atoms with Gasteiger partial charge in [-0.1, -0.05) is 22.0 Å². The quantitative estimate of drug-likeness (QED) is 0.897. The number of amides is 1. The van der Waals surface area contributed by atoms with Gasteiger partial charge in [0.1, 0.15) is 0 Å². The molecular formula is C13H17BrN2O. The third-order valence-electron chi connectivity index (χ3n) is 3.23. The number of benzene rings is 1. The number of rotatable bonds is 3. The summed E-state index contributed by atoms with van der Waals surface area (Å²) in [7, 11) is 0. The van der Waals surface area contributed by atoms with E-state index in [9.17, 15) is 4.79 Å². The third kappa shape index (κ3) is 3.07. The van der Waals surface area contributed by atoms with E-state index >= 15 is 0 Å². The molecule has 0 radical (unpaired) electrons. The van der Waals surface area contributed by atoms with E-state index in [1.165, 1.54) is 0 Å². The van der Waals surface area contributed by atoms with Gasteiger partial charge in [0.25, 0.3) is 5.91 Å². The van der Waals surface area contributed by atoms with Crippen LogP contribution in [0.1, 0.15) is 22.3 Å². The van der Waals surface area contributed by atoms with E-state index in [0.29, 0.717) is 5.92 Å². The average Bonchev–Trinajstić information content (AvgIpc) is 2.82. The van der Waals surface area contributed by atoms with Gasteiger partial charge in [0.05, 0.1) is 0 Å². The maximum Gasteiger partial charge on any atom is 0.251 e.